The third-order valence-electron chi connectivity index (χ3n) is 5.05. The molecule has 1 saturated heterocycles. The highest BCUT2D eigenvalue weighted by atomic mass is 16.5. The van der Waals surface area contributed by atoms with E-state index in [1.165, 1.54) is 5.69 Å². The number of carbonyl (C=O) groups excluding carboxylic acids is 1. The first kappa shape index (κ1) is 19.2. The minimum atomic E-state index is -0.0752. The SMILES string of the molecule is CCOc1ccccc1C(=O)NCC(C)N1CCN(c2ccccc2)CC1. The quantitative estimate of drug-likeness (QED) is 0.817. The summed E-state index contributed by atoms with van der Waals surface area (Å²) in [6, 6.07) is 18.2. The van der Waals surface area contributed by atoms with E-state index in [0.29, 0.717) is 30.5 Å². The molecule has 2 aromatic rings. The highest BCUT2D eigenvalue weighted by molar-refractivity contribution is 5.96. The van der Waals surface area contributed by atoms with Gasteiger partial charge in [-0.1, -0.05) is 30.3 Å². The summed E-state index contributed by atoms with van der Waals surface area (Å²) in [6.07, 6.45) is 0. The lowest BCUT2D eigenvalue weighted by atomic mass is 10.1. The van der Waals surface area contributed by atoms with Crippen molar-refractivity contribution in [2.24, 2.45) is 0 Å². The van der Waals surface area contributed by atoms with Gasteiger partial charge in [-0.25, -0.2) is 0 Å². The van der Waals surface area contributed by atoms with E-state index < -0.39 is 0 Å². The minimum Gasteiger partial charge on any atom is -0.493 e. The first-order valence-corrected chi connectivity index (χ1v) is 9.73. The van der Waals surface area contributed by atoms with E-state index in [1.54, 1.807) is 0 Å². The van der Waals surface area contributed by atoms with Crippen LogP contribution in [-0.4, -0.2) is 56.2 Å². The van der Waals surface area contributed by atoms with Crippen LogP contribution in [0.25, 0.3) is 0 Å². The van der Waals surface area contributed by atoms with E-state index in [1.807, 2.05) is 37.3 Å². The number of ether oxygens (including phenoxy) is 1. The van der Waals surface area contributed by atoms with E-state index in [4.69, 9.17) is 4.74 Å². The van der Waals surface area contributed by atoms with Gasteiger partial charge in [0.2, 0.25) is 0 Å². The van der Waals surface area contributed by atoms with Crippen LogP contribution in [0.2, 0.25) is 0 Å². The van der Waals surface area contributed by atoms with Crippen LogP contribution in [0, 0.1) is 0 Å². The van der Waals surface area contributed by atoms with Crippen LogP contribution in [-0.2, 0) is 0 Å². The number of nitrogens with zero attached hydrogens (tertiary/aromatic N) is 2. The monoisotopic (exact) mass is 367 g/mol. The highest BCUT2D eigenvalue weighted by Gasteiger charge is 2.22. The molecular weight excluding hydrogens is 338 g/mol. The van der Waals surface area contributed by atoms with Gasteiger partial charge in [0, 0.05) is 44.5 Å². The first-order valence-electron chi connectivity index (χ1n) is 9.73. The van der Waals surface area contributed by atoms with Crippen molar-refractivity contribution in [1.82, 2.24) is 10.2 Å². The summed E-state index contributed by atoms with van der Waals surface area (Å²) < 4.78 is 5.56. The van der Waals surface area contributed by atoms with Crippen molar-refractivity contribution in [3.05, 3.63) is 60.2 Å². The molecule has 0 aliphatic carbocycles. The third kappa shape index (κ3) is 5.01. The van der Waals surface area contributed by atoms with E-state index in [9.17, 15) is 4.79 Å². The summed E-state index contributed by atoms with van der Waals surface area (Å²) in [6.45, 7) is 9.30. The van der Waals surface area contributed by atoms with Gasteiger partial charge in [-0.05, 0) is 38.1 Å². The van der Waals surface area contributed by atoms with Gasteiger partial charge in [0.15, 0.2) is 0 Å². The number of amides is 1. The van der Waals surface area contributed by atoms with Gasteiger partial charge in [-0.3, -0.25) is 9.69 Å². The number of carbonyl (C=O) groups is 1. The second-order valence-corrected chi connectivity index (χ2v) is 6.85. The van der Waals surface area contributed by atoms with E-state index in [2.05, 4.69) is 46.3 Å². The van der Waals surface area contributed by atoms with E-state index in [-0.39, 0.29) is 5.91 Å². The zero-order valence-electron chi connectivity index (χ0n) is 16.2. The molecule has 1 atom stereocenters. The molecule has 27 heavy (non-hydrogen) atoms. The predicted molar refractivity (Wildman–Crippen MR) is 110 cm³/mol. The largest absolute Gasteiger partial charge is 0.493 e. The highest BCUT2D eigenvalue weighted by Crippen LogP contribution is 2.18. The standard InChI is InChI=1S/C22H29N3O2/c1-3-27-21-12-8-7-11-20(21)22(26)23-17-18(2)24-13-15-25(16-14-24)19-9-5-4-6-10-19/h4-12,18H,3,13-17H2,1-2H3,(H,23,26). The molecule has 1 unspecified atom stereocenters. The maximum Gasteiger partial charge on any atom is 0.255 e. The number of para-hydroxylation sites is 2. The number of nitrogens with one attached hydrogen (secondary N) is 1. The molecule has 1 N–H and O–H groups in total. The van der Waals surface area contributed by atoms with Crippen LogP contribution in [0.15, 0.2) is 54.6 Å². The fourth-order valence-corrected chi connectivity index (χ4v) is 3.46. The molecule has 0 aromatic heterocycles. The van der Waals surface area contributed by atoms with Gasteiger partial charge in [0.1, 0.15) is 5.75 Å². The molecule has 144 valence electrons. The summed E-state index contributed by atoms with van der Waals surface area (Å²) in [5.74, 6) is 0.565. The summed E-state index contributed by atoms with van der Waals surface area (Å²) in [7, 11) is 0. The normalized spacial score (nSPS) is 16.0. The fraction of sp³-hybridized carbons (Fsp3) is 0.409. The zero-order valence-corrected chi connectivity index (χ0v) is 16.2. The molecule has 0 spiro atoms. The van der Waals surface area contributed by atoms with E-state index in [0.717, 1.165) is 26.2 Å². The lowest BCUT2D eigenvalue weighted by Gasteiger charge is -2.39. The lowest BCUT2D eigenvalue weighted by molar-refractivity contribution is 0.0930. The Bertz CT molecular complexity index is 727. The summed E-state index contributed by atoms with van der Waals surface area (Å²) in [4.78, 5) is 17.4. The first-order chi connectivity index (χ1) is 13.2. The van der Waals surface area contributed by atoms with Crippen molar-refractivity contribution < 1.29 is 9.53 Å². The summed E-state index contributed by atoms with van der Waals surface area (Å²) in [5, 5.41) is 3.06. The average Bonchev–Trinajstić information content (AvgIpc) is 2.73. The third-order valence-corrected chi connectivity index (χ3v) is 5.05. The molecule has 0 radical (unpaired) electrons. The van der Waals surface area contributed by atoms with Crippen molar-refractivity contribution >= 4 is 11.6 Å². The van der Waals surface area contributed by atoms with Crippen molar-refractivity contribution in [2.75, 3.05) is 44.2 Å². The Morgan fingerprint density at radius 1 is 1.04 bits per heavy atom. The molecule has 2 aromatic carbocycles. The van der Waals surface area contributed by atoms with Gasteiger partial charge >= 0.3 is 0 Å². The molecule has 1 amide bonds. The van der Waals surface area contributed by atoms with Gasteiger partial charge < -0.3 is 15.0 Å². The van der Waals surface area contributed by atoms with Crippen LogP contribution in [0.4, 0.5) is 5.69 Å². The number of piperazine rings is 1. The number of hydrogen-bond donors (Lipinski definition) is 1. The average molecular weight is 367 g/mol. The maximum absolute atomic E-state index is 12.5. The molecule has 5 nitrogen and oxygen atoms in total. The van der Waals surface area contributed by atoms with Crippen LogP contribution >= 0.6 is 0 Å². The molecule has 0 saturated carbocycles. The molecule has 3 rings (SSSR count). The molecule has 1 aliphatic heterocycles. The minimum absolute atomic E-state index is 0.0752. The van der Waals surface area contributed by atoms with Crippen LogP contribution in [0.1, 0.15) is 24.2 Å². The summed E-state index contributed by atoms with van der Waals surface area (Å²) in [5.41, 5.74) is 1.88. The smallest absolute Gasteiger partial charge is 0.255 e. The number of rotatable bonds is 7. The summed E-state index contributed by atoms with van der Waals surface area (Å²) >= 11 is 0. The maximum atomic E-state index is 12.5. The topological polar surface area (TPSA) is 44.8 Å². The van der Waals surface area contributed by atoms with Gasteiger partial charge in [0.25, 0.3) is 5.91 Å². The van der Waals surface area contributed by atoms with Crippen molar-refractivity contribution in [3.63, 3.8) is 0 Å². The van der Waals surface area contributed by atoms with Crippen molar-refractivity contribution in [1.29, 1.82) is 0 Å². The van der Waals surface area contributed by atoms with Crippen molar-refractivity contribution in [3.8, 4) is 5.75 Å². The van der Waals surface area contributed by atoms with Gasteiger partial charge in [0.05, 0.1) is 12.2 Å². The second kappa shape index (κ2) is 9.42. The Morgan fingerprint density at radius 3 is 2.41 bits per heavy atom. The Morgan fingerprint density at radius 2 is 1.70 bits per heavy atom. The second-order valence-electron chi connectivity index (χ2n) is 6.85. The van der Waals surface area contributed by atoms with Gasteiger partial charge in [-0.2, -0.15) is 0 Å². The Kier molecular flexibility index (Phi) is 6.71. The Hall–Kier alpha value is -2.53. The molecule has 5 heteroatoms. The Labute approximate surface area is 161 Å². The number of benzene rings is 2. The predicted octanol–water partition coefficient (Wildman–Crippen LogP) is 3.03. The van der Waals surface area contributed by atoms with E-state index >= 15 is 0 Å². The molecular formula is C22H29N3O2. The van der Waals surface area contributed by atoms with Gasteiger partial charge in [-0.15, -0.1) is 0 Å². The van der Waals surface area contributed by atoms with Crippen LogP contribution in [0.5, 0.6) is 5.75 Å². The number of anilines is 1. The molecule has 1 fully saturated rings. The molecule has 1 heterocycles. The molecule has 0 bridgehead atoms. The fourth-order valence-electron chi connectivity index (χ4n) is 3.46. The Balaban J connectivity index is 1.49. The zero-order chi connectivity index (χ0) is 19.1. The van der Waals surface area contributed by atoms with Crippen LogP contribution < -0.4 is 15.0 Å². The lowest BCUT2D eigenvalue weighted by Crippen LogP contribution is -2.52. The van der Waals surface area contributed by atoms with Crippen LogP contribution in [0.3, 0.4) is 0 Å². The number of hydrogen-bond acceptors (Lipinski definition) is 4. The van der Waals surface area contributed by atoms with Crippen molar-refractivity contribution in [2.45, 2.75) is 19.9 Å². The molecule has 1 aliphatic rings.